The number of benzene rings is 2. The molecule has 0 aliphatic carbocycles. The quantitative estimate of drug-likeness (QED) is 0.795. The third-order valence-corrected chi connectivity index (χ3v) is 5.17. The summed E-state index contributed by atoms with van der Waals surface area (Å²) in [5, 5.41) is 9.04. The molecule has 1 aliphatic rings. The lowest BCUT2D eigenvalue weighted by molar-refractivity contribution is -0.138. The van der Waals surface area contributed by atoms with Crippen molar-refractivity contribution in [2.75, 3.05) is 13.1 Å². The van der Waals surface area contributed by atoms with Crippen molar-refractivity contribution in [1.82, 2.24) is 4.90 Å². The first-order chi connectivity index (χ1) is 12.6. The molecule has 0 saturated carbocycles. The largest absolute Gasteiger partial charge is 0.489 e. The van der Waals surface area contributed by atoms with Crippen LogP contribution in [0.1, 0.15) is 43.4 Å². The van der Waals surface area contributed by atoms with Gasteiger partial charge < -0.3 is 9.84 Å². The van der Waals surface area contributed by atoms with E-state index in [0.717, 1.165) is 37.2 Å². The van der Waals surface area contributed by atoms with E-state index in [9.17, 15) is 4.79 Å². The highest BCUT2D eigenvalue weighted by molar-refractivity contribution is 5.67. The molecular weight excluding hydrogens is 326 g/mol. The van der Waals surface area contributed by atoms with Crippen LogP contribution in [0.4, 0.5) is 0 Å². The van der Waals surface area contributed by atoms with Gasteiger partial charge in [0.15, 0.2) is 0 Å². The molecule has 3 rings (SSSR count). The molecule has 1 fully saturated rings. The highest BCUT2D eigenvalue weighted by atomic mass is 16.5. The van der Waals surface area contributed by atoms with Gasteiger partial charge in [0.05, 0.1) is 0 Å². The predicted molar refractivity (Wildman–Crippen MR) is 102 cm³/mol. The van der Waals surface area contributed by atoms with E-state index < -0.39 is 5.97 Å². The van der Waals surface area contributed by atoms with Gasteiger partial charge in [0, 0.05) is 19.0 Å². The van der Waals surface area contributed by atoms with Crippen LogP contribution in [-0.4, -0.2) is 29.1 Å². The zero-order valence-corrected chi connectivity index (χ0v) is 15.3. The maximum atomic E-state index is 11.0. The number of carboxylic acid groups (broad SMARTS) is 1. The maximum Gasteiger partial charge on any atom is 0.303 e. The van der Waals surface area contributed by atoms with Crippen molar-refractivity contribution >= 4 is 5.97 Å². The van der Waals surface area contributed by atoms with Crippen LogP contribution in [0, 0.1) is 5.92 Å². The molecule has 1 aliphatic heterocycles. The van der Waals surface area contributed by atoms with E-state index in [-0.39, 0.29) is 18.4 Å². The van der Waals surface area contributed by atoms with E-state index >= 15 is 0 Å². The lowest BCUT2D eigenvalue weighted by atomic mass is 9.93. The van der Waals surface area contributed by atoms with Crippen LogP contribution < -0.4 is 4.74 Å². The molecule has 0 spiro atoms. The van der Waals surface area contributed by atoms with Crippen LogP contribution in [-0.2, 0) is 11.4 Å². The molecule has 1 N–H and O–H groups in total. The van der Waals surface area contributed by atoms with E-state index in [1.165, 1.54) is 5.56 Å². The summed E-state index contributed by atoms with van der Waals surface area (Å²) in [6.45, 7) is 4.66. The Balaban J connectivity index is 1.56. The summed E-state index contributed by atoms with van der Waals surface area (Å²) in [5.41, 5.74) is 2.40. The van der Waals surface area contributed by atoms with Gasteiger partial charge in [-0.15, -0.1) is 0 Å². The highest BCUT2D eigenvalue weighted by Gasteiger charge is 2.25. The molecule has 2 aromatic carbocycles. The third kappa shape index (κ3) is 5.09. The van der Waals surface area contributed by atoms with Crippen LogP contribution in [0.2, 0.25) is 0 Å². The smallest absolute Gasteiger partial charge is 0.303 e. The topological polar surface area (TPSA) is 49.8 Å². The van der Waals surface area contributed by atoms with Crippen LogP contribution in [0.15, 0.2) is 54.6 Å². The number of hydrogen-bond donors (Lipinski definition) is 1. The molecule has 4 nitrogen and oxygen atoms in total. The van der Waals surface area contributed by atoms with Crippen molar-refractivity contribution in [3.63, 3.8) is 0 Å². The van der Waals surface area contributed by atoms with Gasteiger partial charge in [-0.25, -0.2) is 0 Å². The van der Waals surface area contributed by atoms with E-state index in [2.05, 4.69) is 36.1 Å². The molecule has 0 aromatic heterocycles. The van der Waals surface area contributed by atoms with Crippen LogP contribution in [0.5, 0.6) is 5.75 Å². The fraction of sp³-hybridized carbons (Fsp3) is 0.409. The molecule has 0 radical (unpaired) electrons. The minimum absolute atomic E-state index is 0.261. The third-order valence-electron chi connectivity index (χ3n) is 5.17. The highest BCUT2D eigenvalue weighted by Crippen LogP contribution is 2.29. The minimum atomic E-state index is -0.690. The summed E-state index contributed by atoms with van der Waals surface area (Å²) in [6.07, 6.45) is 2.36. The average Bonchev–Trinajstić information content (AvgIpc) is 2.67. The van der Waals surface area contributed by atoms with Gasteiger partial charge in [-0.2, -0.15) is 0 Å². The first-order valence-corrected chi connectivity index (χ1v) is 9.34. The van der Waals surface area contributed by atoms with Crippen LogP contribution in [0.25, 0.3) is 0 Å². The number of hydrogen-bond acceptors (Lipinski definition) is 3. The number of carboxylic acids is 1. The Morgan fingerprint density at radius 1 is 1.19 bits per heavy atom. The maximum absolute atomic E-state index is 11.0. The SMILES string of the molecule is CC(c1ccc(OCc2ccccc2)cc1)N1CCCC(CC(=O)O)C1. The van der Waals surface area contributed by atoms with E-state index in [1.54, 1.807) is 0 Å². The Morgan fingerprint density at radius 2 is 1.92 bits per heavy atom. The Kier molecular flexibility index (Phi) is 6.29. The monoisotopic (exact) mass is 353 g/mol. The number of rotatable bonds is 7. The minimum Gasteiger partial charge on any atom is -0.489 e. The van der Waals surface area contributed by atoms with Gasteiger partial charge in [-0.1, -0.05) is 42.5 Å². The molecule has 2 unspecified atom stereocenters. The first kappa shape index (κ1) is 18.5. The molecule has 1 saturated heterocycles. The van der Waals surface area contributed by atoms with Crippen molar-refractivity contribution in [3.8, 4) is 5.75 Å². The Morgan fingerprint density at radius 3 is 2.62 bits per heavy atom. The van der Waals surface area contributed by atoms with Crippen molar-refractivity contribution in [1.29, 1.82) is 0 Å². The molecular formula is C22H27NO3. The summed E-state index contributed by atoms with van der Waals surface area (Å²) < 4.78 is 5.85. The molecule has 2 atom stereocenters. The summed E-state index contributed by atoms with van der Waals surface area (Å²) in [7, 11) is 0. The van der Waals surface area contributed by atoms with Crippen LogP contribution >= 0.6 is 0 Å². The second-order valence-electron chi connectivity index (χ2n) is 7.12. The zero-order valence-electron chi connectivity index (χ0n) is 15.3. The normalized spacial score (nSPS) is 19.0. The predicted octanol–water partition coefficient (Wildman–Crippen LogP) is 4.51. The molecule has 26 heavy (non-hydrogen) atoms. The number of ether oxygens (including phenoxy) is 1. The molecule has 0 bridgehead atoms. The Bertz CT molecular complexity index is 699. The first-order valence-electron chi connectivity index (χ1n) is 9.34. The van der Waals surface area contributed by atoms with Gasteiger partial charge in [0.2, 0.25) is 0 Å². The fourth-order valence-corrected chi connectivity index (χ4v) is 3.66. The zero-order chi connectivity index (χ0) is 18.4. The van der Waals surface area contributed by atoms with Crippen LogP contribution in [0.3, 0.4) is 0 Å². The summed E-state index contributed by atoms with van der Waals surface area (Å²) >= 11 is 0. The van der Waals surface area contributed by atoms with Crippen molar-refractivity contribution in [3.05, 3.63) is 65.7 Å². The average molecular weight is 353 g/mol. The number of nitrogens with zero attached hydrogens (tertiary/aromatic N) is 1. The number of piperidine rings is 1. The number of carbonyl (C=O) groups is 1. The van der Waals surface area contributed by atoms with Gasteiger partial charge >= 0.3 is 5.97 Å². The second-order valence-corrected chi connectivity index (χ2v) is 7.12. The van der Waals surface area contributed by atoms with Crippen molar-refractivity contribution < 1.29 is 14.6 Å². The molecule has 2 aromatic rings. The Hall–Kier alpha value is -2.33. The van der Waals surface area contributed by atoms with E-state index in [4.69, 9.17) is 9.84 Å². The standard InChI is InChI=1S/C22H27NO3/c1-17(23-13-5-8-19(15-23)14-22(24)25)20-9-11-21(12-10-20)26-16-18-6-3-2-4-7-18/h2-4,6-7,9-12,17,19H,5,8,13-16H2,1H3,(H,24,25). The number of likely N-dealkylation sites (tertiary alicyclic amines) is 1. The second kappa shape index (κ2) is 8.86. The summed E-state index contributed by atoms with van der Waals surface area (Å²) in [4.78, 5) is 13.4. The van der Waals surface area contributed by atoms with Gasteiger partial charge in [0.1, 0.15) is 12.4 Å². The lowest BCUT2D eigenvalue weighted by Gasteiger charge is -2.36. The van der Waals surface area contributed by atoms with Crippen molar-refractivity contribution in [2.24, 2.45) is 5.92 Å². The van der Waals surface area contributed by atoms with Gasteiger partial charge in [-0.3, -0.25) is 9.69 Å². The molecule has 4 heteroatoms. The fourth-order valence-electron chi connectivity index (χ4n) is 3.66. The van der Waals surface area contributed by atoms with E-state index in [0.29, 0.717) is 6.61 Å². The van der Waals surface area contributed by atoms with Crippen molar-refractivity contribution in [2.45, 2.75) is 38.8 Å². The Labute approximate surface area is 155 Å². The summed E-state index contributed by atoms with van der Waals surface area (Å²) in [6, 6.07) is 18.7. The van der Waals surface area contributed by atoms with Gasteiger partial charge in [0.25, 0.3) is 0 Å². The summed E-state index contributed by atoms with van der Waals surface area (Å²) in [5.74, 6) is 0.439. The van der Waals surface area contributed by atoms with Gasteiger partial charge in [-0.05, 0) is 55.5 Å². The molecule has 1 heterocycles. The molecule has 138 valence electrons. The molecule has 0 amide bonds. The number of aliphatic carboxylic acids is 1. The van der Waals surface area contributed by atoms with E-state index in [1.807, 2.05) is 30.3 Å². The lowest BCUT2D eigenvalue weighted by Crippen LogP contribution is -2.37.